The molecule has 0 amide bonds. The van der Waals surface area contributed by atoms with E-state index in [0.29, 0.717) is 30.4 Å². The minimum Gasteiger partial charge on any atom is -0.489 e. The first kappa shape index (κ1) is 20.0. The predicted molar refractivity (Wildman–Crippen MR) is 118 cm³/mol. The van der Waals surface area contributed by atoms with E-state index in [2.05, 4.69) is 0 Å². The van der Waals surface area contributed by atoms with Crippen molar-refractivity contribution in [1.29, 1.82) is 0 Å². The molecule has 1 aliphatic heterocycles. The second-order valence-electron chi connectivity index (χ2n) is 6.99. The van der Waals surface area contributed by atoms with Gasteiger partial charge in [0.25, 0.3) is 10.0 Å². The minimum atomic E-state index is -3.84. The van der Waals surface area contributed by atoms with Crippen molar-refractivity contribution in [3.8, 4) is 11.5 Å². The summed E-state index contributed by atoms with van der Waals surface area (Å²) < 4.78 is 40.5. The fourth-order valence-electron chi connectivity index (χ4n) is 3.26. The Morgan fingerprint density at radius 1 is 0.767 bits per heavy atom. The van der Waals surface area contributed by atoms with Gasteiger partial charge in [-0.15, -0.1) is 0 Å². The zero-order chi connectivity index (χ0) is 21.0. The number of rotatable bonds is 2. The molecular weight excluding hydrogens is 398 g/mol. The quantitative estimate of drug-likeness (QED) is 0.562. The van der Waals surface area contributed by atoms with E-state index >= 15 is 0 Å². The van der Waals surface area contributed by atoms with Crippen molar-refractivity contribution in [2.75, 3.05) is 17.5 Å². The van der Waals surface area contributed by atoms with Crippen molar-refractivity contribution in [3.05, 3.63) is 96.1 Å². The molecule has 6 heteroatoms. The summed E-state index contributed by atoms with van der Waals surface area (Å²) >= 11 is 0. The summed E-state index contributed by atoms with van der Waals surface area (Å²) in [5.74, 6) is 1.17. The zero-order valence-electron chi connectivity index (χ0n) is 16.7. The van der Waals surface area contributed by atoms with Crippen LogP contribution in [0.15, 0.2) is 89.8 Å². The van der Waals surface area contributed by atoms with Gasteiger partial charge in [-0.25, -0.2) is 8.42 Å². The zero-order valence-corrected chi connectivity index (χ0v) is 17.5. The molecule has 5 nitrogen and oxygen atoms in total. The van der Waals surface area contributed by atoms with Crippen LogP contribution in [0.1, 0.15) is 11.1 Å². The molecule has 0 aromatic heterocycles. The van der Waals surface area contributed by atoms with Gasteiger partial charge in [0, 0.05) is 5.56 Å². The molecule has 0 saturated carbocycles. The van der Waals surface area contributed by atoms with E-state index in [1.165, 1.54) is 4.31 Å². The van der Waals surface area contributed by atoms with Gasteiger partial charge in [0.15, 0.2) is 0 Å². The SMILES string of the molecule is Cc1ccc(S(=O)(=O)N2Cc3ccccc3OC/C=C\COc3ccccc32)cc1. The molecule has 0 saturated heterocycles. The Morgan fingerprint density at radius 2 is 1.37 bits per heavy atom. The van der Waals surface area contributed by atoms with E-state index in [1.807, 2.05) is 55.5 Å². The number of aryl methyl sites for hydroxylation is 1. The van der Waals surface area contributed by atoms with E-state index in [4.69, 9.17) is 9.47 Å². The van der Waals surface area contributed by atoms with Crippen LogP contribution in [0.2, 0.25) is 0 Å². The maximum Gasteiger partial charge on any atom is 0.264 e. The topological polar surface area (TPSA) is 55.8 Å². The number of hydrogen-bond acceptors (Lipinski definition) is 4. The Bertz CT molecular complexity index is 1150. The second-order valence-corrected chi connectivity index (χ2v) is 8.86. The van der Waals surface area contributed by atoms with Gasteiger partial charge >= 0.3 is 0 Å². The summed E-state index contributed by atoms with van der Waals surface area (Å²) in [7, 11) is -3.84. The molecule has 1 heterocycles. The number of sulfonamides is 1. The summed E-state index contributed by atoms with van der Waals surface area (Å²) in [6, 6.07) is 21.6. The lowest BCUT2D eigenvalue weighted by Gasteiger charge is -2.27. The van der Waals surface area contributed by atoms with Crippen LogP contribution in [0.5, 0.6) is 11.5 Å². The average Bonchev–Trinajstić information content (AvgIpc) is 2.75. The molecule has 0 fully saturated rings. The fourth-order valence-corrected chi connectivity index (χ4v) is 4.72. The molecule has 3 aromatic carbocycles. The Kier molecular flexibility index (Phi) is 5.77. The smallest absolute Gasteiger partial charge is 0.264 e. The summed E-state index contributed by atoms with van der Waals surface area (Å²) in [5.41, 5.74) is 2.26. The fraction of sp³-hybridized carbons (Fsp3) is 0.167. The van der Waals surface area contributed by atoms with Crippen molar-refractivity contribution < 1.29 is 17.9 Å². The highest BCUT2D eigenvalue weighted by atomic mass is 32.2. The maximum absolute atomic E-state index is 13.7. The standard InChI is InChI=1S/C24H23NO4S/c1-19-12-14-21(15-13-19)30(26,27)25-18-20-8-2-4-10-23(20)28-16-6-7-17-29-24-11-5-3-9-22(24)25/h2-15H,16-18H2,1H3/b7-6-. The molecule has 4 rings (SSSR count). The number of benzene rings is 3. The minimum absolute atomic E-state index is 0.121. The third-order valence-corrected chi connectivity index (χ3v) is 6.64. The number of anilines is 1. The van der Waals surface area contributed by atoms with Crippen molar-refractivity contribution >= 4 is 15.7 Å². The summed E-state index contributed by atoms with van der Waals surface area (Å²) in [6.45, 7) is 2.75. The third kappa shape index (κ3) is 4.19. The first-order valence-electron chi connectivity index (χ1n) is 9.72. The van der Waals surface area contributed by atoms with Gasteiger partial charge in [0.2, 0.25) is 0 Å². The summed E-state index contributed by atoms with van der Waals surface area (Å²) in [4.78, 5) is 0.230. The van der Waals surface area contributed by atoms with Crippen LogP contribution in [-0.4, -0.2) is 21.6 Å². The van der Waals surface area contributed by atoms with E-state index in [9.17, 15) is 8.42 Å². The molecule has 0 atom stereocenters. The third-order valence-electron chi connectivity index (χ3n) is 4.87. The average molecular weight is 422 g/mol. The van der Waals surface area contributed by atoms with Gasteiger partial charge in [-0.2, -0.15) is 0 Å². The molecule has 0 bridgehead atoms. The van der Waals surface area contributed by atoms with E-state index < -0.39 is 10.0 Å². The van der Waals surface area contributed by atoms with Crippen molar-refractivity contribution in [3.63, 3.8) is 0 Å². The number of nitrogens with zero attached hydrogens (tertiary/aromatic N) is 1. The molecule has 1 aliphatic rings. The van der Waals surface area contributed by atoms with Gasteiger partial charge in [0.05, 0.1) is 17.1 Å². The van der Waals surface area contributed by atoms with E-state index in [-0.39, 0.29) is 11.4 Å². The second kappa shape index (κ2) is 8.63. The molecule has 0 N–H and O–H groups in total. The molecule has 154 valence electrons. The number of hydrogen-bond donors (Lipinski definition) is 0. The Hall–Kier alpha value is -3.25. The van der Waals surface area contributed by atoms with Crippen LogP contribution in [0, 0.1) is 6.92 Å². The Morgan fingerprint density at radius 3 is 2.10 bits per heavy atom. The van der Waals surface area contributed by atoms with Crippen molar-refractivity contribution in [1.82, 2.24) is 0 Å². The van der Waals surface area contributed by atoms with Gasteiger partial charge in [0.1, 0.15) is 24.7 Å². The first-order chi connectivity index (χ1) is 14.6. The van der Waals surface area contributed by atoms with Crippen LogP contribution < -0.4 is 13.8 Å². The number of fused-ring (bicyclic) bond motifs is 2. The molecule has 0 aliphatic carbocycles. The highest BCUT2D eigenvalue weighted by Gasteiger charge is 2.28. The van der Waals surface area contributed by atoms with Gasteiger partial charge in [-0.1, -0.05) is 48.0 Å². The number of para-hydroxylation sites is 3. The van der Waals surface area contributed by atoms with Crippen LogP contribution in [0.3, 0.4) is 0 Å². The lowest BCUT2D eigenvalue weighted by atomic mass is 10.2. The van der Waals surface area contributed by atoms with E-state index in [0.717, 1.165) is 11.1 Å². The first-order valence-corrected chi connectivity index (χ1v) is 11.2. The lowest BCUT2D eigenvalue weighted by molar-refractivity contribution is 0.346. The van der Waals surface area contributed by atoms with Gasteiger partial charge in [-0.3, -0.25) is 4.31 Å². The lowest BCUT2D eigenvalue weighted by Crippen LogP contribution is -2.31. The highest BCUT2D eigenvalue weighted by molar-refractivity contribution is 7.92. The Labute approximate surface area is 177 Å². The van der Waals surface area contributed by atoms with Crippen LogP contribution in [0.4, 0.5) is 5.69 Å². The van der Waals surface area contributed by atoms with Gasteiger partial charge in [-0.05, 0) is 49.4 Å². The van der Waals surface area contributed by atoms with E-state index in [1.54, 1.807) is 36.4 Å². The largest absolute Gasteiger partial charge is 0.489 e. The molecule has 30 heavy (non-hydrogen) atoms. The van der Waals surface area contributed by atoms with Crippen molar-refractivity contribution in [2.24, 2.45) is 0 Å². The van der Waals surface area contributed by atoms with Crippen molar-refractivity contribution in [2.45, 2.75) is 18.4 Å². The number of ether oxygens (including phenoxy) is 2. The Balaban J connectivity index is 1.88. The molecule has 3 aromatic rings. The highest BCUT2D eigenvalue weighted by Crippen LogP contribution is 2.35. The van der Waals surface area contributed by atoms with Crippen LogP contribution in [0.25, 0.3) is 0 Å². The monoisotopic (exact) mass is 421 g/mol. The maximum atomic E-state index is 13.7. The summed E-state index contributed by atoms with van der Waals surface area (Å²) in [5, 5.41) is 0. The van der Waals surface area contributed by atoms with Crippen LogP contribution >= 0.6 is 0 Å². The molecule has 0 spiro atoms. The van der Waals surface area contributed by atoms with Gasteiger partial charge < -0.3 is 9.47 Å². The normalized spacial score (nSPS) is 15.4. The molecule has 0 radical (unpaired) electrons. The van der Waals surface area contributed by atoms with Crippen LogP contribution in [-0.2, 0) is 16.6 Å². The predicted octanol–water partition coefficient (Wildman–Crippen LogP) is 4.72. The summed E-state index contributed by atoms with van der Waals surface area (Å²) in [6.07, 6.45) is 3.75. The molecule has 0 unspecified atom stereocenters. The molecular formula is C24H23NO4S.